The highest BCUT2D eigenvalue weighted by atomic mass is 35.5. The van der Waals surface area contributed by atoms with Gasteiger partial charge in [0.05, 0.1) is 6.04 Å². The number of rotatable bonds is 2. The Labute approximate surface area is 129 Å². The predicted octanol–water partition coefficient (Wildman–Crippen LogP) is 4.92. The zero-order valence-electron chi connectivity index (χ0n) is 11.2. The van der Waals surface area contributed by atoms with Crippen LogP contribution in [0.3, 0.4) is 0 Å². The maximum absolute atomic E-state index is 6.37. The first-order valence-electron chi connectivity index (χ1n) is 6.97. The van der Waals surface area contributed by atoms with E-state index in [0.29, 0.717) is 10.0 Å². The molecule has 2 N–H and O–H groups in total. The summed E-state index contributed by atoms with van der Waals surface area (Å²) in [7, 11) is 0. The van der Waals surface area contributed by atoms with E-state index in [0.717, 1.165) is 17.5 Å². The van der Waals surface area contributed by atoms with Crippen molar-refractivity contribution in [2.24, 2.45) is 5.73 Å². The first-order valence-corrected chi connectivity index (χ1v) is 7.73. The van der Waals surface area contributed by atoms with E-state index < -0.39 is 0 Å². The van der Waals surface area contributed by atoms with Crippen LogP contribution in [0.25, 0.3) is 0 Å². The van der Waals surface area contributed by atoms with Gasteiger partial charge in [0, 0.05) is 10.0 Å². The average Bonchev–Trinajstić information content (AvgIpc) is 2.46. The minimum atomic E-state index is -0.202. The third-order valence-corrected chi connectivity index (χ3v) is 4.59. The van der Waals surface area contributed by atoms with Crippen molar-refractivity contribution in [1.82, 2.24) is 0 Å². The molecular formula is C17H17Cl2N. The molecule has 0 heterocycles. The van der Waals surface area contributed by atoms with Gasteiger partial charge in [0.2, 0.25) is 0 Å². The smallest absolute Gasteiger partial charge is 0.0566 e. The van der Waals surface area contributed by atoms with E-state index in [9.17, 15) is 0 Å². The topological polar surface area (TPSA) is 26.0 Å². The van der Waals surface area contributed by atoms with Crippen LogP contribution in [0.15, 0.2) is 36.4 Å². The third kappa shape index (κ3) is 2.71. The number of aryl methyl sites for hydroxylation is 2. The summed E-state index contributed by atoms with van der Waals surface area (Å²) in [4.78, 5) is 0. The van der Waals surface area contributed by atoms with Gasteiger partial charge in [-0.15, -0.1) is 0 Å². The van der Waals surface area contributed by atoms with Gasteiger partial charge in [-0.1, -0.05) is 47.5 Å². The minimum Gasteiger partial charge on any atom is -0.320 e. The summed E-state index contributed by atoms with van der Waals surface area (Å²) in [5.41, 5.74) is 11.3. The fraction of sp³-hybridized carbons (Fsp3) is 0.294. The molecule has 0 spiro atoms. The Morgan fingerprint density at radius 2 is 1.65 bits per heavy atom. The van der Waals surface area contributed by atoms with Crippen LogP contribution in [0.5, 0.6) is 0 Å². The molecule has 0 radical (unpaired) electrons. The zero-order chi connectivity index (χ0) is 14.1. The van der Waals surface area contributed by atoms with Gasteiger partial charge in [0.15, 0.2) is 0 Å². The molecule has 1 nitrogen and oxygen atoms in total. The molecule has 2 aromatic carbocycles. The van der Waals surface area contributed by atoms with E-state index in [1.807, 2.05) is 12.1 Å². The van der Waals surface area contributed by atoms with E-state index >= 15 is 0 Å². The maximum Gasteiger partial charge on any atom is 0.0566 e. The molecular weight excluding hydrogens is 289 g/mol. The van der Waals surface area contributed by atoms with E-state index in [2.05, 4.69) is 18.2 Å². The molecule has 1 aliphatic carbocycles. The largest absolute Gasteiger partial charge is 0.320 e. The van der Waals surface area contributed by atoms with Gasteiger partial charge in [-0.05, 0) is 60.1 Å². The second kappa shape index (κ2) is 5.77. The lowest BCUT2D eigenvalue weighted by molar-refractivity contribution is 0.682. The lowest BCUT2D eigenvalue weighted by atomic mass is 9.88. The molecule has 1 atom stereocenters. The Bertz CT molecular complexity index is 637. The van der Waals surface area contributed by atoms with Crippen molar-refractivity contribution in [3.05, 3.63) is 68.7 Å². The quantitative estimate of drug-likeness (QED) is 0.837. The van der Waals surface area contributed by atoms with Gasteiger partial charge in [0.1, 0.15) is 0 Å². The van der Waals surface area contributed by atoms with Gasteiger partial charge in [0.25, 0.3) is 0 Å². The van der Waals surface area contributed by atoms with Crippen LogP contribution < -0.4 is 5.73 Å². The molecule has 0 aromatic heterocycles. The van der Waals surface area contributed by atoms with E-state index in [-0.39, 0.29) is 6.04 Å². The predicted molar refractivity (Wildman–Crippen MR) is 85.6 cm³/mol. The molecule has 2 aromatic rings. The standard InChI is InChI=1S/C17H17Cl2N/c18-14-7-8-15(16(19)10-14)17(20)13-6-5-11-3-1-2-4-12(11)9-13/h5-10,17H,1-4,20H2. The minimum absolute atomic E-state index is 0.202. The number of fused-ring (bicyclic) bond motifs is 1. The molecule has 1 aliphatic rings. The van der Waals surface area contributed by atoms with Crippen LogP contribution in [-0.2, 0) is 12.8 Å². The van der Waals surface area contributed by atoms with Crippen molar-refractivity contribution < 1.29 is 0 Å². The fourth-order valence-corrected chi connectivity index (χ4v) is 3.41. The Balaban J connectivity index is 1.95. The van der Waals surface area contributed by atoms with Crippen molar-refractivity contribution in [2.45, 2.75) is 31.7 Å². The highest BCUT2D eigenvalue weighted by molar-refractivity contribution is 6.35. The summed E-state index contributed by atoms with van der Waals surface area (Å²) in [5.74, 6) is 0. The first-order chi connectivity index (χ1) is 9.65. The normalized spacial score (nSPS) is 15.8. The van der Waals surface area contributed by atoms with Crippen molar-refractivity contribution in [1.29, 1.82) is 0 Å². The number of hydrogen-bond donors (Lipinski definition) is 1. The average molecular weight is 306 g/mol. The Morgan fingerprint density at radius 1 is 0.900 bits per heavy atom. The van der Waals surface area contributed by atoms with Crippen molar-refractivity contribution in [3.8, 4) is 0 Å². The van der Waals surface area contributed by atoms with Crippen LogP contribution >= 0.6 is 23.2 Å². The van der Waals surface area contributed by atoms with E-state index in [1.165, 1.54) is 30.4 Å². The van der Waals surface area contributed by atoms with Gasteiger partial charge >= 0.3 is 0 Å². The van der Waals surface area contributed by atoms with Crippen LogP contribution in [0.4, 0.5) is 0 Å². The van der Waals surface area contributed by atoms with Crippen molar-refractivity contribution >= 4 is 23.2 Å². The number of hydrogen-bond acceptors (Lipinski definition) is 1. The molecule has 0 amide bonds. The Kier molecular flexibility index (Phi) is 4.02. The number of nitrogens with two attached hydrogens (primary N) is 1. The molecule has 0 saturated heterocycles. The van der Waals surface area contributed by atoms with Gasteiger partial charge < -0.3 is 5.73 Å². The summed E-state index contributed by atoms with van der Waals surface area (Å²) in [6.07, 6.45) is 4.91. The number of benzene rings is 2. The van der Waals surface area contributed by atoms with Crippen LogP contribution in [-0.4, -0.2) is 0 Å². The summed E-state index contributed by atoms with van der Waals surface area (Å²) < 4.78 is 0. The fourth-order valence-electron chi connectivity index (χ4n) is 2.88. The number of halogens is 2. The zero-order valence-corrected chi connectivity index (χ0v) is 12.7. The lowest BCUT2D eigenvalue weighted by Crippen LogP contribution is -2.14. The van der Waals surface area contributed by atoms with Crippen LogP contribution in [0.2, 0.25) is 10.0 Å². The van der Waals surface area contributed by atoms with E-state index in [4.69, 9.17) is 28.9 Å². The molecule has 104 valence electrons. The monoisotopic (exact) mass is 305 g/mol. The molecule has 0 saturated carbocycles. The van der Waals surface area contributed by atoms with Crippen molar-refractivity contribution in [2.75, 3.05) is 0 Å². The Hall–Kier alpha value is -1.02. The van der Waals surface area contributed by atoms with Gasteiger partial charge in [-0.3, -0.25) is 0 Å². The summed E-state index contributed by atoms with van der Waals surface area (Å²) in [6, 6.07) is 11.9. The Morgan fingerprint density at radius 3 is 2.40 bits per heavy atom. The lowest BCUT2D eigenvalue weighted by Gasteiger charge is -2.20. The first kappa shape index (κ1) is 13.9. The molecule has 0 bridgehead atoms. The SMILES string of the molecule is NC(c1ccc2c(c1)CCCC2)c1ccc(Cl)cc1Cl. The molecule has 0 fully saturated rings. The highest BCUT2D eigenvalue weighted by Crippen LogP contribution is 2.31. The van der Waals surface area contributed by atoms with Crippen LogP contribution in [0.1, 0.15) is 41.1 Å². The van der Waals surface area contributed by atoms with Crippen LogP contribution in [0, 0.1) is 0 Å². The maximum atomic E-state index is 6.37. The van der Waals surface area contributed by atoms with E-state index in [1.54, 1.807) is 6.07 Å². The van der Waals surface area contributed by atoms with Crippen molar-refractivity contribution in [3.63, 3.8) is 0 Å². The summed E-state index contributed by atoms with van der Waals surface area (Å²) in [5, 5.41) is 1.26. The summed E-state index contributed by atoms with van der Waals surface area (Å²) >= 11 is 12.2. The molecule has 20 heavy (non-hydrogen) atoms. The molecule has 3 heteroatoms. The highest BCUT2D eigenvalue weighted by Gasteiger charge is 2.16. The second-order valence-electron chi connectivity index (χ2n) is 5.38. The van der Waals surface area contributed by atoms with Gasteiger partial charge in [-0.2, -0.15) is 0 Å². The molecule has 1 unspecified atom stereocenters. The van der Waals surface area contributed by atoms with Gasteiger partial charge in [-0.25, -0.2) is 0 Å². The second-order valence-corrected chi connectivity index (χ2v) is 6.22. The molecule has 0 aliphatic heterocycles. The third-order valence-electron chi connectivity index (χ3n) is 4.03. The summed E-state index contributed by atoms with van der Waals surface area (Å²) in [6.45, 7) is 0. The molecule has 3 rings (SSSR count).